The molecular weight excluding hydrogens is 783 g/mol. The number of rotatable bonds is 8. The van der Waals surface area contributed by atoms with Gasteiger partial charge in [0.15, 0.2) is 0 Å². The number of hydrogen-bond acceptors (Lipinski definition) is 0. The maximum atomic E-state index is 2.82. The van der Waals surface area contributed by atoms with Gasteiger partial charge in [0.05, 0.1) is 0 Å². The van der Waals surface area contributed by atoms with Crippen LogP contribution < -0.4 is 0 Å². The molecule has 0 nitrogen and oxygen atoms in total. The van der Waals surface area contributed by atoms with E-state index in [1.54, 1.807) is 22.3 Å². The fourth-order valence-electron chi connectivity index (χ4n) is 10.1. The summed E-state index contributed by atoms with van der Waals surface area (Å²) in [6.45, 7) is 23.8. The van der Waals surface area contributed by atoms with E-state index < -0.39 is 28.0 Å². The van der Waals surface area contributed by atoms with Gasteiger partial charge in [-0.2, -0.15) is 0 Å². The van der Waals surface area contributed by atoms with Crippen LogP contribution in [0.25, 0.3) is 34.4 Å². The Bertz CT molecular complexity index is 1840. The average molecular weight is 844 g/mol. The summed E-state index contributed by atoms with van der Waals surface area (Å²) < 4.78 is 6.97. The molecule has 4 aromatic rings. The summed E-state index contributed by atoms with van der Waals surface area (Å²) in [4.78, 5) is 0. The van der Waals surface area contributed by atoms with Crippen molar-refractivity contribution in [2.45, 2.75) is 122 Å². The number of fused-ring (bicyclic) bond motifs is 6. The number of hydrogen-bond donors (Lipinski definition) is 0. The first-order valence-electron chi connectivity index (χ1n) is 19.7. The van der Waals surface area contributed by atoms with E-state index in [0.717, 1.165) is 0 Å². The van der Waals surface area contributed by atoms with Crippen LogP contribution in [0.5, 0.6) is 0 Å². The molecular formula is C48H60HfSi. The Labute approximate surface area is 309 Å². The van der Waals surface area contributed by atoms with Crippen molar-refractivity contribution in [3.8, 4) is 22.3 Å². The summed E-state index contributed by atoms with van der Waals surface area (Å²) in [6, 6.07) is 32.2. The van der Waals surface area contributed by atoms with Crippen LogP contribution in [0.3, 0.4) is 0 Å². The van der Waals surface area contributed by atoms with Crippen molar-refractivity contribution in [1.29, 1.82) is 0 Å². The van der Waals surface area contributed by atoms with E-state index in [4.69, 9.17) is 0 Å². The molecule has 4 aromatic carbocycles. The van der Waals surface area contributed by atoms with Gasteiger partial charge >= 0.3 is 312 Å². The van der Waals surface area contributed by atoms with Crippen LogP contribution >= 0.6 is 0 Å². The Hall–Kier alpha value is -2.55. The Morgan fingerprint density at radius 1 is 0.520 bits per heavy atom. The molecule has 1 saturated heterocycles. The first-order chi connectivity index (χ1) is 23.7. The summed E-state index contributed by atoms with van der Waals surface area (Å²) in [5.41, 5.74) is 18.0. The van der Waals surface area contributed by atoms with E-state index in [9.17, 15) is 0 Å². The normalized spacial score (nSPS) is 19.8. The molecule has 2 aliphatic carbocycles. The molecule has 2 heteroatoms. The third-order valence-electron chi connectivity index (χ3n) is 13.2. The topological polar surface area (TPSA) is 0 Å². The first-order valence-corrected chi connectivity index (χ1v) is 33.5. The monoisotopic (exact) mass is 844 g/mol. The van der Waals surface area contributed by atoms with Crippen molar-refractivity contribution in [1.82, 2.24) is 0 Å². The third kappa shape index (κ3) is 5.53. The fourth-order valence-corrected chi connectivity index (χ4v) is 42.0. The van der Waals surface area contributed by atoms with Crippen molar-refractivity contribution in [3.63, 3.8) is 0 Å². The van der Waals surface area contributed by atoms with E-state index in [-0.39, 0.29) is 0 Å². The molecule has 3 aliphatic rings. The Balaban J connectivity index is 1.44. The molecule has 1 aliphatic heterocycles. The Kier molecular flexibility index (Phi) is 9.42. The van der Waals surface area contributed by atoms with E-state index in [2.05, 4.69) is 164 Å². The third-order valence-corrected chi connectivity index (χ3v) is 35.9. The van der Waals surface area contributed by atoms with Crippen LogP contribution in [0.15, 0.2) is 83.2 Å². The molecule has 0 saturated carbocycles. The average Bonchev–Trinajstić information content (AvgIpc) is 3.70. The van der Waals surface area contributed by atoms with Crippen LogP contribution in [-0.2, 0) is 20.0 Å². The molecule has 1 fully saturated rings. The van der Waals surface area contributed by atoms with Crippen molar-refractivity contribution in [3.05, 3.63) is 128 Å². The predicted octanol–water partition coefficient (Wildman–Crippen LogP) is 14.9. The van der Waals surface area contributed by atoms with E-state index >= 15 is 0 Å². The zero-order chi connectivity index (χ0) is 35.9. The molecule has 0 spiro atoms. The standard InChI is InChI=1S/C46H54Si.2CH3.Hf/c1-11-47(12-2,41-25-33-15-13-17-43(45(33)27-41)39-21-35(29(3)4)19-36(22-39)30(5)6)42-26-34-16-14-18-44(46(34)28-42)40-23-37(31(7)8)20-38(24-40)32(9)10;;;/h13-32H,11-12H2,1-10H3;2*1H3;. The summed E-state index contributed by atoms with van der Waals surface area (Å²) in [7, 11) is -1.96. The van der Waals surface area contributed by atoms with E-state index in [1.165, 1.54) is 56.6 Å². The Morgan fingerprint density at radius 3 is 1.16 bits per heavy atom. The first kappa shape index (κ1) is 35.8. The molecule has 1 heterocycles. The zero-order valence-electron chi connectivity index (χ0n) is 33.0. The fraction of sp³-hybridized carbons (Fsp3) is 0.417. The van der Waals surface area contributed by atoms with Gasteiger partial charge in [-0.1, -0.05) is 0 Å². The van der Waals surface area contributed by atoms with Crippen molar-refractivity contribution >= 4 is 20.2 Å². The maximum absolute atomic E-state index is 3.13. The predicted molar refractivity (Wildman–Crippen MR) is 220 cm³/mol. The second-order valence-electron chi connectivity index (χ2n) is 17.7. The molecule has 2 atom stereocenters. The van der Waals surface area contributed by atoms with Gasteiger partial charge in [0, 0.05) is 0 Å². The van der Waals surface area contributed by atoms with Crippen LogP contribution in [0.4, 0.5) is 0 Å². The molecule has 2 unspecified atom stereocenters. The molecule has 0 amide bonds. The molecule has 0 bridgehead atoms. The van der Waals surface area contributed by atoms with E-state index in [0.29, 0.717) is 31.0 Å². The SMILES string of the molecule is CC[Si]1(CC)C2=Cc3c(-c4cc(C(C)C)cc(C(C)C)c4)cccc3[CH]2[Hf]([CH3])([CH3])[CH]2C1=Cc1c(-c3cc(C(C)C)cc(C(C)C)c3)cccc12. The van der Waals surface area contributed by atoms with Gasteiger partial charge in [-0.15, -0.1) is 0 Å². The minimum absolute atomic E-state index is 0.516. The second-order valence-corrected chi connectivity index (χ2v) is 39.7. The van der Waals surface area contributed by atoms with Crippen molar-refractivity contribution in [2.75, 3.05) is 0 Å². The molecule has 0 radical (unpaired) electrons. The van der Waals surface area contributed by atoms with Gasteiger partial charge in [0.1, 0.15) is 0 Å². The molecule has 7 rings (SSSR count). The quantitative estimate of drug-likeness (QED) is 0.155. The second kappa shape index (κ2) is 13.1. The van der Waals surface area contributed by atoms with Crippen LogP contribution in [0.2, 0.25) is 21.4 Å². The minimum atomic E-state index is -3.13. The van der Waals surface area contributed by atoms with Gasteiger partial charge in [-0.05, 0) is 0 Å². The van der Waals surface area contributed by atoms with Crippen LogP contribution in [-0.4, -0.2) is 8.07 Å². The summed E-state index contributed by atoms with van der Waals surface area (Å²) >= 11 is -3.13. The Morgan fingerprint density at radius 2 is 0.860 bits per heavy atom. The van der Waals surface area contributed by atoms with Gasteiger partial charge < -0.3 is 0 Å². The van der Waals surface area contributed by atoms with Gasteiger partial charge in [-0.25, -0.2) is 0 Å². The molecule has 260 valence electrons. The summed E-state index contributed by atoms with van der Waals surface area (Å²) in [5, 5.41) is 3.78. The molecule has 0 aromatic heterocycles. The van der Waals surface area contributed by atoms with Crippen molar-refractivity contribution in [2.24, 2.45) is 0 Å². The number of allylic oxidation sites excluding steroid dienone is 2. The van der Waals surface area contributed by atoms with Gasteiger partial charge in [0.25, 0.3) is 0 Å². The van der Waals surface area contributed by atoms with E-state index in [1.807, 2.05) is 10.4 Å². The molecule has 50 heavy (non-hydrogen) atoms. The molecule has 0 N–H and O–H groups in total. The van der Waals surface area contributed by atoms with Crippen molar-refractivity contribution < 1.29 is 20.0 Å². The van der Waals surface area contributed by atoms with Gasteiger partial charge in [-0.3, -0.25) is 0 Å². The number of benzene rings is 4. The summed E-state index contributed by atoms with van der Waals surface area (Å²) in [5.74, 6) is 2.06. The zero-order valence-corrected chi connectivity index (χ0v) is 37.6. The van der Waals surface area contributed by atoms with Crippen LogP contribution in [0, 0.1) is 0 Å². The van der Waals surface area contributed by atoms with Crippen LogP contribution in [0.1, 0.15) is 145 Å². The van der Waals surface area contributed by atoms with Gasteiger partial charge in [0.2, 0.25) is 0 Å². The summed E-state index contributed by atoms with van der Waals surface area (Å²) in [6.07, 6.45) is 5.57.